The van der Waals surface area contributed by atoms with Crippen molar-refractivity contribution < 1.29 is 17.9 Å². The normalized spacial score (nSPS) is 20.2. The van der Waals surface area contributed by atoms with Gasteiger partial charge in [-0.3, -0.25) is 0 Å². The number of aromatic nitrogens is 3. The second kappa shape index (κ2) is 7.35. The van der Waals surface area contributed by atoms with Crippen LogP contribution in [-0.2, 0) is 17.5 Å². The second-order valence-corrected chi connectivity index (χ2v) is 7.12. The van der Waals surface area contributed by atoms with Crippen molar-refractivity contribution >= 4 is 0 Å². The first kappa shape index (κ1) is 18.1. The van der Waals surface area contributed by atoms with Crippen molar-refractivity contribution in [3.8, 4) is 23.1 Å². The van der Waals surface area contributed by atoms with Gasteiger partial charge in [-0.05, 0) is 50.3 Å². The Morgan fingerprint density at radius 3 is 2.74 bits per heavy atom. The van der Waals surface area contributed by atoms with E-state index in [0.717, 1.165) is 38.2 Å². The Hall–Kier alpha value is -2.33. The molecule has 4 rings (SSSR count). The molecule has 2 heterocycles. The first-order valence-electron chi connectivity index (χ1n) is 9.24. The van der Waals surface area contributed by atoms with Gasteiger partial charge in [0.25, 0.3) is 0 Å². The fraction of sp³-hybridized carbons (Fsp3) is 0.500. The van der Waals surface area contributed by atoms with E-state index in [1.165, 1.54) is 12.1 Å². The zero-order chi connectivity index (χ0) is 18.9. The number of hydrogen-bond acceptors (Lipinski definition) is 3. The summed E-state index contributed by atoms with van der Waals surface area (Å²) in [4.78, 5) is 0. The van der Waals surface area contributed by atoms with E-state index in [-0.39, 0.29) is 17.4 Å². The topological polar surface area (TPSA) is 39.9 Å². The Balaban J connectivity index is 1.62. The fourth-order valence-electron chi connectivity index (χ4n) is 3.17. The molecule has 0 unspecified atom stereocenters. The summed E-state index contributed by atoms with van der Waals surface area (Å²) in [7, 11) is 0. The van der Waals surface area contributed by atoms with Gasteiger partial charge >= 0.3 is 6.18 Å². The molecule has 0 radical (unpaired) electrons. The van der Waals surface area contributed by atoms with E-state index in [2.05, 4.69) is 22.2 Å². The highest BCUT2D eigenvalue weighted by atomic mass is 19.4. The monoisotopic (exact) mass is 375 g/mol. The Kier molecular flexibility index (Phi) is 4.92. The van der Waals surface area contributed by atoms with Crippen LogP contribution in [0.25, 0.3) is 11.3 Å². The Morgan fingerprint density at radius 2 is 2.04 bits per heavy atom. The summed E-state index contributed by atoms with van der Waals surface area (Å²) in [6, 6.07) is 3.96. The van der Waals surface area contributed by atoms with Gasteiger partial charge in [0.1, 0.15) is 5.69 Å². The minimum absolute atomic E-state index is 0.0147. The van der Waals surface area contributed by atoms with E-state index < -0.39 is 11.7 Å². The molecular formula is C20H20F3N3O. The molecule has 142 valence electrons. The molecule has 0 bridgehead atoms. The summed E-state index contributed by atoms with van der Waals surface area (Å²) in [5, 5.41) is 7.99. The standard InChI is InChI=1S/C20H20F3N3O/c21-20(22,23)18-9-8-15(7-6-14-4-5-14)11-17(18)19-13-26(25-24-19)12-16-3-1-2-10-27-16/h8-9,11,13-14,16H,1-5,10,12H2/t16-/m1/s1. The van der Waals surface area contributed by atoms with Gasteiger partial charge in [-0.15, -0.1) is 5.10 Å². The van der Waals surface area contributed by atoms with Crippen molar-refractivity contribution in [1.29, 1.82) is 0 Å². The second-order valence-electron chi connectivity index (χ2n) is 7.12. The summed E-state index contributed by atoms with van der Waals surface area (Å²) in [5.74, 6) is 6.44. The Labute approximate surface area is 155 Å². The lowest BCUT2D eigenvalue weighted by Crippen LogP contribution is -2.24. The molecule has 1 aromatic carbocycles. The fourth-order valence-corrected chi connectivity index (χ4v) is 3.17. The first-order chi connectivity index (χ1) is 13.0. The van der Waals surface area contributed by atoms with Gasteiger partial charge in [0.05, 0.1) is 24.4 Å². The van der Waals surface area contributed by atoms with Gasteiger partial charge in [-0.25, -0.2) is 4.68 Å². The minimum Gasteiger partial charge on any atom is -0.376 e. The molecule has 1 aliphatic carbocycles. The largest absolute Gasteiger partial charge is 0.417 e. The molecule has 1 aromatic heterocycles. The molecule has 1 atom stereocenters. The zero-order valence-electron chi connectivity index (χ0n) is 14.8. The van der Waals surface area contributed by atoms with Crippen LogP contribution < -0.4 is 0 Å². The molecule has 0 amide bonds. The van der Waals surface area contributed by atoms with Gasteiger partial charge in [0.15, 0.2) is 0 Å². The maximum Gasteiger partial charge on any atom is 0.417 e. The van der Waals surface area contributed by atoms with E-state index in [1.54, 1.807) is 10.9 Å². The summed E-state index contributed by atoms with van der Waals surface area (Å²) in [5.41, 5.74) is 0.0598. The number of benzene rings is 1. The predicted molar refractivity (Wildman–Crippen MR) is 93.7 cm³/mol. The van der Waals surface area contributed by atoms with Gasteiger partial charge in [-0.1, -0.05) is 17.1 Å². The van der Waals surface area contributed by atoms with Gasteiger partial charge in [0, 0.05) is 23.7 Å². The summed E-state index contributed by atoms with van der Waals surface area (Å²) < 4.78 is 47.6. The van der Waals surface area contributed by atoms with Crippen LogP contribution in [0.1, 0.15) is 43.2 Å². The van der Waals surface area contributed by atoms with Crippen molar-refractivity contribution in [3.05, 3.63) is 35.5 Å². The number of hydrogen-bond donors (Lipinski definition) is 0. The van der Waals surface area contributed by atoms with Crippen molar-refractivity contribution in [3.63, 3.8) is 0 Å². The third kappa shape index (κ3) is 4.51. The Bertz CT molecular complexity index is 869. The van der Waals surface area contributed by atoms with Crippen LogP contribution in [-0.4, -0.2) is 27.7 Å². The third-order valence-electron chi connectivity index (χ3n) is 4.80. The van der Waals surface area contributed by atoms with Crippen LogP contribution in [0.4, 0.5) is 13.2 Å². The van der Waals surface area contributed by atoms with Crippen molar-refractivity contribution in [1.82, 2.24) is 15.0 Å². The van der Waals surface area contributed by atoms with E-state index in [9.17, 15) is 13.2 Å². The molecule has 27 heavy (non-hydrogen) atoms. The third-order valence-corrected chi connectivity index (χ3v) is 4.80. The number of ether oxygens (including phenoxy) is 1. The lowest BCUT2D eigenvalue weighted by atomic mass is 10.0. The van der Waals surface area contributed by atoms with E-state index >= 15 is 0 Å². The summed E-state index contributed by atoms with van der Waals surface area (Å²) >= 11 is 0. The smallest absolute Gasteiger partial charge is 0.376 e. The maximum absolute atomic E-state index is 13.5. The van der Waals surface area contributed by atoms with Gasteiger partial charge < -0.3 is 4.74 Å². The van der Waals surface area contributed by atoms with Crippen LogP contribution in [0.2, 0.25) is 0 Å². The van der Waals surface area contributed by atoms with Crippen LogP contribution in [0, 0.1) is 17.8 Å². The Morgan fingerprint density at radius 1 is 1.19 bits per heavy atom. The van der Waals surface area contributed by atoms with Gasteiger partial charge in [-0.2, -0.15) is 13.2 Å². The highest BCUT2D eigenvalue weighted by Crippen LogP contribution is 2.37. The quantitative estimate of drug-likeness (QED) is 0.751. The molecule has 2 aliphatic rings. The highest BCUT2D eigenvalue weighted by Gasteiger charge is 2.34. The number of rotatable bonds is 3. The molecule has 0 spiro atoms. The molecule has 1 saturated carbocycles. The molecule has 1 saturated heterocycles. The molecule has 4 nitrogen and oxygen atoms in total. The zero-order valence-corrected chi connectivity index (χ0v) is 14.8. The SMILES string of the molecule is FC(F)(F)c1ccc(C#CC2CC2)cc1-c1cn(C[C@H]2CCCCO2)nn1. The molecule has 2 fully saturated rings. The molecule has 1 aliphatic heterocycles. The average molecular weight is 375 g/mol. The van der Waals surface area contributed by atoms with Crippen molar-refractivity contribution in [2.24, 2.45) is 5.92 Å². The average Bonchev–Trinajstić information content (AvgIpc) is 3.37. The molecule has 7 heteroatoms. The van der Waals surface area contributed by atoms with Crippen molar-refractivity contribution in [2.45, 2.75) is 50.9 Å². The molecular weight excluding hydrogens is 355 g/mol. The number of alkyl halides is 3. The molecule has 0 N–H and O–H groups in total. The van der Waals surface area contributed by atoms with Crippen LogP contribution in [0.5, 0.6) is 0 Å². The number of nitrogens with zero attached hydrogens (tertiary/aromatic N) is 3. The van der Waals surface area contributed by atoms with Gasteiger partial charge in [0.2, 0.25) is 0 Å². The van der Waals surface area contributed by atoms with Crippen LogP contribution in [0.15, 0.2) is 24.4 Å². The van der Waals surface area contributed by atoms with E-state index in [4.69, 9.17) is 4.74 Å². The van der Waals surface area contributed by atoms with Crippen LogP contribution >= 0.6 is 0 Å². The predicted octanol–water partition coefficient (Wildman–Crippen LogP) is 4.29. The number of halogens is 3. The molecule has 2 aromatic rings. The van der Waals surface area contributed by atoms with E-state index in [1.807, 2.05) is 0 Å². The highest BCUT2D eigenvalue weighted by molar-refractivity contribution is 5.66. The maximum atomic E-state index is 13.5. The first-order valence-corrected chi connectivity index (χ1v) is 9.24. The summed E-state index contributed by atoms with van der Waals surface area (Å²) in [6.45, 7) is 1.21. The van der Waals surface area contributed by atoms with Crippen molar-refractivity contribution in [2.75, 3.05) is 6.61 Å². The minimum atomic E-state index is -4.46. The lowest BCUT2D eigenvalue weighted by Gasteiger charge is -2.21. The van der Waals surface area contributed by atoms with Crippen LogP contribution in [0.3, 0.4) is 0 Å². The van der Waals surface area contributed by atoms with E-state index in [0.29, 0.717) is 24.6 Å². The summed E-state index contributed by atoms with van der Waals surface area (Å²) in [6.07, 6.45) is 2.32. The lowest BCUT2D eigenvalue weighted by molar-refractivity contribution is -0.137.